The molecule has 2 amide bonds. The average Bonchev–Trinajstić information content (AvgIpc) is 3.23. The van der Waals surface area contributed by atoms with Crippen molar-refractivity contribution in [3.8, 4) is 0 Å². The Morgan fingerprint density at radius 3 is 2.54 bits per heavy atom. The second-order valence-corrected chi connectivity index (χ2v) is 10.2. The summed E-state index contributed by atoms with van der Waals surface area (Å²) >= 11 is 0. The minimum Gasteiger partial charge on any atom is -0.441 e. The Labute approximate surface area is 233 Å². The van der Waals surface area contributed by atoms with Gasteiger partial charge in [0.1, 0.15) is 18.8 Å². The Kier molecular flexibility index (Phi) is 9.91. The predicted octanol–water partition coefficient (Wildman–Crippen LogP) is 0.409. The number of sulfonamides is 1. The van der Waals surface area contributed by atoms with Crippen LogP contribution in [0.4, 0.5) is 10.5 Å². The van der Waals surface area contributed by atoms with E-state index in [2.05, 4.69) is 29.3 Å². The van der Waals surface area contributed by atoms with E-state index in [1.807, 2.05) is 0 Å². The Morgan fingerprint density at radius 2 is 1.85 bits per heavy atom. The van der Waals surface area contributed by atoms with E-state index < -0.39 is 39.4 Å². The van der Waals surface area contributed by atoms with E-state index in [9.17, 15) is 27.6 Å². The largest absolute Gasteiger partial charge is 0.519 e. The Hall–Kier alpha value is -5.06. The molecule has 2 heterocycles. The number of aromatic nitrogens is 1. The van der Waals surface area contributed by atoms with Crippen molar-refractivity contribution in [1.82, 2.24) is 15.2 Å². The fourth-order valence-corrected chi connectivity index (χ4v) is 4.44. The molecule has 5 N–H and O–H groups in total. The van der Waals surface area contributed by atoms with E-state index in [0.717, 1.165) is 10.1 Å². The zero-order valence-corrected chi connectivity index (χ0v) is 23.1. The summed E-state index contributed by atoms with van der Waals surface area (Å²) in [6.07, 6.45) is -1.00. The van der Waals surface area contributed by atoms with Crippen LogP contribution in [0, 0.1) is 20.8 Å². The topological polar surface area (TPSA) is 227 Å². The van der Waals surface area contributed by atoms with E-state index in [0.29, 0.717) is 5.69 Å². The lowest BCUT2D eigenvalue weighted by molar-refractivity contribution is -0.122. The molecule has 0 aliphatic heterocycles. The van der Waals surface area contributed by atoms with E-state index in [1.54, 1.807) is 26.0 Å². The molecule has 0 saturated heterocycles. The minimum atomic E-state index is -4.03. The highest BCUT2D eigenvalue weighted by Crippen LogP contribution is 2.15. The maximum atomic E-state index is 12.9. The molecule has 0 unspecified atom stereocenters. The quantitative estimate of drug-likeness (QED) is 0.103. The number of guanidine groups is 1. The number of pyridine rings is 1. The molecule has 3 aromatic rings. The third kappa shape index (κ3) is 8.72. The van der Waals surface area contributed by atoms with Crippen molar-refractivity contribution in [2.75, 3.05) is 17.9 Å². The summed E-state index contributed by atoms with van der Waals surface area (Å²) in [6, 6.07) is 9.04. The first-order valence-electron chi connectivity index (χ1n) is 11.9. The predicted molar refractivity (Wildman–Crippen MR) is 143 cm³/mol. The summed E-state index contributed by atoms with van der Waals surface area (Å²) < 4.78 is 43.0. The van der Waals surface area contributed by atoms with Crippen molar-refractivity contribution in [2.45, 2.75) is 38.8 Å². The van der Waals surface area contributed by atoms with E-state index >= 15 is 0 Å². The maximum absolute atomic E-state index is 12.9. The number of anilines is 1. The third-order valence-electron chi connectivity index (χ3n) is 5.32. The maximum Gasteiger partial charge on any atom is 0.519 e. The van der Waals surface area contributed by atoms with Crippen LogP contribution < -0.4 is 32.5 Å². The number of amides is 2. The molecule has 17 heteroatoms. The first-order valence-corrected chi connectivity index (χ1v) is 13.4. The van der Waals surface area contributed by atoms with Gasteiger partial charge in [-0.25, -0.2) is 18.0 Å². The van der Waals surface area contributed by atoms with Crippen molar-refractivity contribution in [3.63, 3.8) is 0 Å². The van der Waals surface area contributed by atoms with Crippen LogP contribution in [0.15, 0.2) is 64.9 Å². The number of oxime groups is 1. The molecule has 3 rings (SSSR count). The lowest BCUT2D eigenvalue weighted by Gasteiger charge is -2.13. The number of alkyl carbamates (subject to hydrolysis) is 1. The molecule has 16 nitrogen and oxygen atoms in total. The number of carbonyl (C=O) groups excluding carboxylic acids is 2. The van der Waals surface area contributed by atoms with E-state index in [4.69, 9.17) is 15.3 Å². The van der Waals surface area contributed by atoms with Crippen molar-refractivity contribution in [1.29, 1.82) is 0 Å². The van der Waals surface area contributed by atoms with Crippen molar-refractivity contribution in [2.24, 2.45) is 10.9 Å². The Balaban J connectivity index is 1.46. The number of rotatable bonds is 11. The van der Waals surface area contributed by atoms with Gasteiger partial charge in [0.2, 0.25) is 11.9 Å². The van der Waals surface area contributed by atoms with Gasteiger partial charge in [0.15, 0.2) is 18.1 Å². The molecular formula is C24H28N6O10S. The van der Waals surface area contributed by atoms with Crippen molar-refractivity contribution in [3.05, 3.63) is 80.1 Å². The molecule has 1 aromatic carbocycles. The van der Waals surface area contributed by atoms with E-state index in [-0.39, 0.29) is 48.4 Å². The number of nitrogens with zero attached hydrogens (tertiary/aromatic N) is 2. The normalized spacial score (nSPS) is 11.5. The third-order valence-corrected chi connectivity index (χ3v) is 6.68. The van der Waals surface area contributed by atoms with Gasteiger partial charge in [0, 0.05) is 5.69 Å². The molecule has 0 radical (unpaired) electrons. The number of hydrogen-bond acceptors (Lipinski definition) is 11. The summed E-state index contributed by atoms with van der Waals surface area (Å²) in [7, 11) is -4.03. The Bertz CT molecular complexity index is 1670. The number of hydrogen-bond donors (Lipinski definition) is 4. The average molecular weight is 593 g/mol. The van der Waals surface area contributed by atoms with Crippen LogP contribution in [0.3, 0.4) is 0 Å². The number of benzene rings is 1. The van der Waals surface area contributed by atoms with Crippen molar-refractivity contribution < 1.29 is 36.4 Å². The zero-order valence-electron chi connectivity index (χ0n) is 22.3. The number of carbonyl (C=O) groups is 2. The van der Waals surface area contributed by atoms with Gasteiger partial charge in [-0.05, 0) is 55.8 Å². The minimum absolute atomic E-state index is 0.00337. The highest BCUT2D eigenvalue weighted by Gasteiger charge is 2.18. The lowest BCUT2D eigenvalue weighted by Crippen LogP contribution is -2.37. The van der Waals surface area contributed by atoms with Crippen LogP contribution in [0.1, 0.15) is 22.8 Å². The molecule has 41 heavy (non-hydrogen) atoms. The molecule has 220 valence electrons. The first kappa shape index (κ1) is 30.5. The monoisotopic (exact) mass is 592 g/mol. The standard InChI is InChI=1S/C24H28N6O10S/c1-14-5-4-6-17(11-14)41(35,36)29-18-8-7-15(2)30(21(18)32)12-20(31)26-9-10-38-28-22(25)27-23(33)37-13-19-16(3)39-24(34)40-19/h4-8,11,29H,9-10,12-13H2,1-3H3,(H,26,31)(H3,25,27,28,33). The lowest BCUT2D eigenvalue weighted by atomic mass is 10.2. The zero-order chi connectivity index (χ0) is 30.2. The summed E-state index contributed by atoms with van der Waals surface area (Å²) in [6.45, 7) is 3.84. The van der Waals surface area contributed by atoms with Crippen LogP contribution in [0.5, 0.6) is 0 Å². The number of nitrogens with one attached hydrogen (secondary N) is 3. The van der Waals surface area contributed by atoms with Crippen LogP contribution in [-0.4, -0.2) is 44.1 Å². The fourth-order valence-electron chi connectivity index (χ4n) is 3.28. The molecule has 0 aliphatic carbocycles. The highest BCUT2D eigenvalue weighted by atomic mass is 32.2. The molecule has 2 aromatic heterocycles. The van der Waals surface area contributed by atoms with Crippen molar-refractivity contribution >= 4 is 33.7 Å². The van der Waals surface area contributed by atoms with Crippen LogP contribution in [0.25, 0.3) is 0 Å². The second kappa shape index (κ2) is 13.3. The molecule has 0 fully saturated rings. The van der Waals surface area contributed by atoms with Crippen LogP contribution >= 0.6 is 0 Å². The Morgan fingerprint density at radius 1 is 1.10 bits per heavy atom. The molecule has 0 spiro atoms. The number of ether oxygens (including phenoxy) is 1. The summed E-state index contributed by atoms with van der Waals surface area (Å²) in [4.78, 5) is 52.9. The SMILES string of the molecule is Cc1cccc(S(=O)(=O)Nc2ccc(C)n(CC(=O)NCCO/N=C(\N)NC(=O)OCc3oc(=O)oc3C)c2=O)c1. The van der Waals surface area contributed by atoms with Gasteiger partial charge >= 0.3 is 11.9 Å². The van der Waals surface area contributed by atoms with Gasteiger partial charge in [0.25, 0.3) is 15.6 Å². The molecule has 0 aliphatic rings. The van der Waals surface area contributed by atoms with Gasteiger partial charge in [-0.2, -0.15) is 0 Å². The van der Waals surface area contributed by atoms with Gasteiger partial charge in [0.05, 0.1) is 11.4 Å². The van der Waals surface area contributed by atoms with Crippen LogP contribution in [-0.2, 0) is 37.5 Å². The number of nitrogens with two attached hydrogens (primary N) is 1. The van der Waals surface area contributed by atoms with Gasteiger partial charge in [-0.3, -0.25) is 19.6 Å². The second-order valence-electron chi connectivity index (χ2n) is 8.50. The summed E-state index contributed by atoms with van der Waals surface area (Å²) in [5, 5.41) is 8.03. The smallest absolute Gasteiger partial charge is 0.441 e. The van der Waals surface area contributed by atoms with Gasteiger partial charge < -0.3 is 34.0 Å². The molecule has 0 bridgehead atoms. The summed E-state index contributed by atoms with van der Waals surface area (Å²) in [5.74, 6) is -1.75. The highest BCUT2D eigenvalue weighted by molar-refractivity contribution is 7.92. The van der Waals surface area contributed by atoms with Gasteiger partial charge in [-0.15, -0.1) is 0 Å². The summed E-state index contributed by atoms with van der Waals surface area (Å²) in [5.41, 5.74) is 5.75. The first-order chi connectivity index (χ1) is 19.4. The fraction of sp³-hybridized carbons (Fsp3) is 0.292. The number of aryl methyl sites for hydroxylation is 3. The molecule has 0 saturated carbocycles. The van der Waals surface area contributed by atoms with Gasteiger partial charge in [-0.1, -0.05) is 12.1 Å². The molecular weight excluding hydrogens is 564 g/mol. The molecule has 0 atom stereocenters. The van der Waals surface area contributed by atoms with E-state index in [1.165, 1.54) is 31.2 Å². The van der Waals surface area contributed by atoms with Crippen LogP contribution in [0.2, 0.25) is 0 Å².